The predicted molar refractivity (Wildman–Crippen MR) is 102 cm³/mol. The number of carbonyl (C=O) groups excluding carboxylic acids is 1. The minimum absolute atomic E-state index is 0.106. The lowest BCUT2D eigenvalue weighted by atomic mass is 10.1. The van der Waals surface area contributed by atoms with Crippen molar-refractivity contribution in [2.24, 2.45) is 0 Å². The zero-order chi connectivity index (χ0) is 18.7. The maximum absolute atomic E-state index is 12.7. The van der Waals surface area contributed by atoms with Crippen LogP contribution in [-0.4, -0.2) is 34.5 Å². The van der Waals surface area contributed by atoms with Gasteiger partial charge >= 0.3 is 5.97 Å². The molecule has 1 saturated heterocycles. The van der Waals surface area contributed by atoms with Crippen molar-refractivity contribution in [2.75, 3.05) is 11.9 Å². The number of amides is 1. The van der Waals surface area contributed by atoms with E-state index in [0.717, 1.165) is 5.56 Å². The number of halogens is 2. The molecule has 1 aliphatic rings. The van der Waals surface area contributed by atoms with E-state index in [9.17, 15) is 14.7 Å². The van der Waals surface area contributed by atoms with Gasteiger partial charge in [0.05, 0.1) is 22.2 Å². The highest BCUT2D eigenvalue weighted by Gasteiger charge is 2.33. The Morgan fingerprint density at radius 3 is 2.50 bits per heavy atom. The Labute approximate surface area is 161 Å². The fourth-order valence-corrected chi connectivity index (χ4v) is 3.63. The topological polar surface area (TPSA) is 69.6 Å². The van der Waals surface area contributed by atoms with Gasteiger partial charge in [-0.25, -0.2) is 4.79 Å². The van der Waals surface area contributed by atoms with Crippen LogP contribution in [0.25, 0.3) is 0 Å². The molecule has 1 fully saturated rings. The van der Waals surface area contributed by atoms with Crippen LogP contribution >= 0.6 is 23.2 Å². The lowest BCUT2D eigenvalue weighted by molar-refractivity contribution is -0.147. The normalized spacial score (nSPS) is 16.5. The lowest BCUT2D eigenvalue weighted by Gasteiger charge is -2.22. The molecule has 2 aromatic carbocycles. The highest BCUT2D eigenvalue weighted by atomic mass is 35.5. The maximum atomic E-state index is 12.7. The molecule has 1 amide bonds. The van der Waals surface area contributed by atoms with Gasteiger partial charge in [-0.2, -0.15) is 0 Å². The summed E-state index contributed by atoms with van der Waals surface area (Å²) in [6.45, 7) is 0.474. The Morgan fingerprint density at radius 2 is 1.81 bits per heavy atom. The van der Waals surface area contributed by atoms with Crippen LogP contribution in [0.3, 0.4) is 0 Å². The van der Waals surface area contributed by atoms with E-state index in [0.29, 0.717) is 40.8 Å². The molecule has 0 saturated carbocycles. The molecule has 0 aromatic heterocycles. The van der Waals surface area contributed by atoms with Crippen LogP contribution < -0.4 is 5.32 Å². The number of carboxylic acids is 1. The van der Waals surface area contributed by atoms with Crippen LogP contribution in [0, 0.1) is 0 Å². The minimum atomic E-state index is -0.954. The molecule has 5 nitrogen and oxygen atoms in total. The third-order valence-electron chi connectivity index (χ3n) is 4.44. The fraction of sp³-hybridized carbons (Fsp3) is 0.263. The van der Waals surface area contributed by atoms with Gasteiger partial charge in [-0.1, -0.05) is 47.5 Å². The molecule has 0 spiro atoms. The van der Waals surface area contributed by atoms with Crippen LogP contribution in [0.4, 0.5) is 11.4 Å². The van der Waals surface area contributed by atoms with Crippen molar-refractivity contribution in [3.05, 3.63) is 58.1 Å². The van der Waals surface area contributed by atoms with Crippen molar-refractivity contribution in [1.82, 2.24) is 4.90 Å². The third-order valence-corrected chi connectivity index (χ3v) is 5.07. The summed E-state index contributed by atoms with van der Waals surface area (Å²) in [7, 11) is 0. The van der Waals surface area contributed by atoms with Crippen LogP contribution in [0.5, 0.6) is 0 Å². The number of nitrogens with zero attached hydrogens (tertiary/aromatic N) is 1. The third kappa shape index (κ3) is 3.94. The average molecular weight is 393 g/mol. The molecule has 0 aliphatic carbocycles. The van der Waals surface area contributed by atoms with Gasteiger partial charge in [0.15, 0.2) is 0 Å². The van der Waals surface area contributed by atoms with Gasteiger partial charge in [-0.05, 0) is 36.6 Å². The van der Waals surface area contributed by atoms with E-state index in [2.05, 4.69) is 5.32 Å². The first kappa shape index (κ1) is 18.5. The molecular formula is C19H18Cl2N2O3. The standard InChI is InChI=1S/C19H18Cl2N2O3/c20-13-6-3-7-14(21)18(13)22-15-8-2-1-5-12(15)11-17(24)23-10-4-9-16(23)19(25)26/h1-3,5-8,16,22H,4,9-11H2,(H,25,26)/t16-/m1/s1. The largest absolute Gasteiger partial charge is 0.480 e. The highest BCUT2D eigenvalue weighted by molar-refractivity contribution is 6.39. The molecule has 1 aliphatic heterocycles. The minimum Gasteiger partial charge on any atom is -0.480 e. The number of aliphatic carboxylic acids is 1. The van der Waals surface area contributed by atoms with E-state index in [-0.39, 0.29) is 12.3 Å². The second-order valence-electron chi connectivity index (χ2n) is 6.14. The van der Waals surface area contributed by atoms with E-state index in [4.69, 9.17) is 23.2 Å². The molecule has 1 atom stereocenters. The Morgan fingerprint density at radius 1 is 1.12 bits per heavy atom. The first-order chi connectivity index (χ1) is 12.5. The summed E-state index contributed by atoms with van der Waals surface area (Å²) >= 11 is 12.4. The van der Waals surface area contributed by atoms with Crippen LogP contribution in [0.2, 0.25) is 10.0 Å². The number of carbonyl (C=O) groups is 2. The Hall–Kier alpha value is -2.24. The van der Waals surface area contributed by atoms with Crippen molar-refractivity contribution in [3.63, 3.8) is 0 Å². The second-order valence-corrected chi connectivity index (χ2v) is 6.95. The van der Waals surface area contributed by atoms with Crippen molar-refractivity contribution in [1.29, 1.82) is 0 Å². The number of benzene rings is 2. The van der Waals surface area contributed by atoms with Crippen molar-refractivity contribution < 1.29 is 14.7 Å². The van der Waals surface area contributed by atoms with E-state index in [1.54, 1.807) is 18.2 Å². The summed E-state index contributed by atoms with van der Waals surface area (Å²) in [4.78, 5) is 25.4. The monoisotopic (exact) mass is 392 g/mol. The molecule has 0 unspecified atom stereocenters. The quantitative estimate of drug-likeness (QED) is 0.792. The predicted octanol–water partition coefficient (Wildman–Crippen LogP) is 4.36. The first-order valence-corrected chi connectivity index (χ1v) is 9.04. The van der Waals surface area contributed by atoms with Crippen LogP contribution in [0.1, 0.15) is 18.4 Å². The number of nitrogens with one attached hydrogen (secondary N) is 1. The van der Waals surface area contributed by atoms with Crippen molar-refractivity contribution in [3.8, 4) is 0 Å². The van der Waals surface area contributed by atoms with Crippen molar-refractivity contribution in [2.45, 2.75) is 25.3 Å². The fourth-order valence-electron chi connectivity index (χ4n) is 3.13. The van der Waals surface area contributed by atoms with Gasteiger partial charge in [0.1, 0.15) is 6.04 Å². The van der Waals surface area contributed by atoms with Gasteiger partial charge in [-0.15, -0.1) is 0 Å². The molecule has 136 valence electrons. The van der Waals surface area contributed by atoms with Gasteiger partial charge in [0.25, 0.3) is 0 Å². The van der Waals surface area contributed by atoms with Crippen molar-refractivity contribution >= 4 is 46.5 Å². The number of likely N-dealkylation sites (tertiary alicyclic amines) is 1. The number of para-hydroxylation sites is 2. The molecule has 7 heteroatoms. The zero-order valence-corrected chi connectivity index (χ0v) is 15.4. The summed E-state index contributed by atoms with van der Waals surface area (Å²) in [6, 6.07) is 11.8. The molecule has 2 aromatic rings. The molecule has 2 N–H and O–H groups in total. The summed E-state index contributed by atoms with van der Waals surface area (Å²) in [5.74, 6) is -1.15. The van der Waals surface area contributed by atoms with E-state index < -0.39 is 12.0 Å². The van der Waals surface area contributed by atoms with Crippen LogP contribution in [-0.2, 0) is 16.0 Å². The Balaban J connectivity index is 1.81. The lowest BCUT2D eigenvalue weighted by Crippen LogP contribution is -2.41. The second kappa shape index (κ2) is 7.98. The Kier molecular flexibility index (Phi) is 5.69. The molecular weight excluding hydrogens is 375 g/mol. The first-order valence-electron chi connectivity index (χ1n) is 8.28. The Bertz CT molecular complexity index is 821. The van der Waals surface area contributed by atoms with E-state index >= 15 is 0 Å². The molecule has 3 rings (SSSR count). The molecule has 1 heterocycles. The van der Waals surface area contributed by atoms with E-state index in [1.807, 2.05) is 24.3 Å². The molecule has 0 radical (unpaired) electrons. The molecule has 26 heavy (non-hydrogen) atoms. The number of anilines is 2. The van der Waals surface area contributed by atoms with Gasteiger partial charge < -0.3 is 15.3 Å². The van der Waals surface area contributed by atoms with Gasteiger partial charge in [0, 0.05) is 12.2 Å². The number of carboxylic acid groups (broad SMARTS) is 1. The summed E-state index contributed by atoms with van der Waals surface area (Å²) < 4.78 is 0. The average Bonchev–Trinajstić information content (AvgIpc) is 3.10. The summed E-state index contributed by atoms with van der Waals surface area (Å²) in [5.41, 5.74) is 2.03. The summed E-state index contributed by atoms with van der Waals surface area (Å²) in [5, 5.41) is 13.4. The highest BCUT2D eigenvalue weighted by Crippen LogP contribution is 2.34. The zero-order valence-electron chi connectivity index (χ0n) is 13.9. The summed E-state index contributed by atoms with van der Waals surface area (Å²) in [6.07, 6.45) is 1.31. The number of rotatable bonds is 5. The maximum Gasteiger partial charge on any atom is 0.326 e. The van der Waals surface area contributed by atoms with E-state index in [1.165, 1.54) is 4.90 Å². The SMILES string of the molecule is O=C(O)[C@H]1CCCN1C(=O)Cc1ccccc1Nc1c(Cl)cccc1Cl. The van der Waals surface area contributed by atoms with Crippen LogP contribution in [0.15, 0.2) is 42.5 Å². The van der Waals surface area contributed by atoms with Gasteiger partial charge in [0.2, 0.25) is 5.91 Å². The molecule has 0 bridgehead atoms. The smallest absolute Gasteiger partial charge is 0.326 e. The number of hydrogen-bond acceptors (Lipinski definition) is 3. The van der Waals surface area contributed by atoms with Gasteiger partial charge in [-0.3, -0.25) is 4.79 Å². The number of hydrogen-bond donors (Lipinski definition) is 2.